The fraction of sp³-hybridized carbons (Fsp3) is 0. The Morgan fingerprint density at radius 3 is 1.46 bits per heavy atom. The Hall–Kier alpha value is -2.49. The summed E-state index contributed by atoms with van der Waals surface area (Å²) in [5, 5.41) is 0.471. The first-order valence-electron chi connectivity index (χ1n) is 7.22. The Morgan fingerprint density at radius 1 is 0.625 bits per heavy atom. The number of rotatable bonds is 5. The molecule has 0 bridgehead atoms. The monoisotopic (exact) mass is 348 g/mol. The van der Waals surface area contributed by atoms with Crippen LogP contribution in [0.5, 0.6) is 11.5 Å². The van der Waals surface area contributed by atoms with E-state index in [1.54, 1.807) is 30.3 Å². The van der Waals surface area contributed by atoms with Crippen molar-refractivity contribution in [2.45, 2.75) is 0 Å². The molecule has 0 radical (unpaired) electrons. The molecule has 1 N–H and O–H groups in total. The first kappa shape index (κ1) is 16.4. The molecule has 0 aliphatic heterocycles. The van der Waals surface area contributed by atoms with Gasteiger partial charge in [0.2, 0.25) is 0 Å². The Balaban J connectivity index is 1.94. The molecule has 0 aliphatic rings. The molecule has 0 heterocycles. The quantitative estimate of drug-likeness (QED) is 0.701. The zero-order valence-corrected chi connectivity index (χ0v) is 13.5. The van der Waals surface area contributed by atoms with E-state index in [1.165, 1.54) is 48.5 Å². The third-order valence-electron chi connectivity index (χ3n) is 3.28. The van der Waals surface area contributed by atoms with Crippen LogP contribution < -0.4 is 14.4 Å². The Labute approximate surface area is 138 Å². The van der Waals surface area contributed by atoms with Crippen LogP contribution in [0.15, 0.2) is 78.9 Å². The molecule has 124 valence electrons. The molecule has 0 atom stereocenters. The summed E-state index contributed by atoms with van der Waals surface area (Å²) < 4.78 is 37.5. The number of hydrogen-bond donors (Lipinski definition) is 1. The molecule has 0 amide bonds. The van der Waals surface area contributed by atoms with Gasteiger partial charge in [0, 0.05) is 0 Å². The van der Waals surface area contributed by atoms with E-state index in [0.29, 0.717) is 5.30 Å². The van der Waals surface area contributed by atoms with Crippen LogP contribution in [-0.4, -0.2) is 4.89 Å². The van der Waals surface area contributed by atoms with Gasteiger partial charge in [-0.25, -0.2) is 0 Å². The molecular weight excluding hydrogens is 333 g/mol. The molecule has 6 heteroatoms. The van der Waals surface area contributed by atoms with Crippen LogP contribution in [0, 0.1) is 11.6 Å². The molecule has 3 nitrogen and oxygen atoms in total. The van der Waals surface area contributed by atoms with Gasteiger partial charge in [-0.2, -0.15) is 0 Å². The summed E-state index contributed by atoms with van der Waals surface area (Å²) in [5.74, 6) is -0.272. The summed E-state index contributed by atoms with van der Waals surface area (Å²) in [6, 6.07) is 19.2. The molecule has 3 aromatic carbocycles. The predicted octanol–water partition coefficient (Wildman–Crippen LogP) is 4.24. The zero-order valence-electron chi connectivity index (χ0n) is 12.5. The maximum atomic E-state index is 13.1. The van der Waals surface area contributed by atoms with Gasteiger partial charge in [-0.1, -0.05) is 0 Å². The minimum absolute atomic E-state index is 0.275. The molecule has 0 saturated heterocycles. The van der Waals surface area contributed by atoms with Gasteiger partial charge in [0.25, 0.3) is 0 Å². The van der Waals surface area contributed by atoms with Gasteiger partial charge in [0.15, 0.2) is 0 Å². The van der Waals surface area contributed by atoms with E-state index in [1.807, 2.05) is 0 Å². The minimum atomic E-state index is -3.89. The van der Waals surface area contributed by atoms with Crippen molar-refractivity contribution >= 4 is 13.2 Å². The summed E-state index contributed by atoms with van der Waals surface area (Å²) in [4.78, 5) is 11.0. The molecule has 0 saturated carbocycles. The van der Waals surface area contributed by atoms with Crippen LogP contribution >= 0.6 is 7.94 Å². The first-order chi connectivity index (χ1) is 11.5. The Bertz CT molecular complexity index is 745. The van der Waals surface area contributed by atoms with Crippen LogP contribution in [0.25, 0.3) is 0 Å². The molecule has 3 rings (SSSR count). The van der Waals surface area contributed by atoms with Crippen molar-refractivity contribution in [2.24, 2.45) is 0 Å². The van der Waals surface area contributed by atoms with Crippen molar-refractivity contribution in [3.05, 3.63) is 90.5 Å². The second-order valence-electron chi connectivity index (χ2n) is 5.06. The Morgan fingerprint density at radius 2 is 1.04 bits per heavy atom. The maximum absolute atomic E-state index is 13.1. The second-order valence-corrected chi connectivity index (χ2v) is 7.21. The fourth-order valence-electron chi connectivity index (χ4n) is 2.11. The van der Waals surface area contributed by atoms with Gasteiger partial charge in [0.1, 0.15) is 0 Å². The van der Waals surface area contributed by atoms with Gasteiger partial charge >= 0.3 is 138 Å². The summed E-state index contributed by atoms with van der Waals surface area (Å²) >= 11 is 0. The van der Waals surface area contributed by atoms with Gasteiger partial charge < -0.3 is 0 Å². The van der Waals surface area contributed by atoms with Crippen molar-refractivity contribution in [2.75, 3.05) is 0 Å². The molecule has 0 aromatic heterocycles. The zero-order chi connectivity index (χ0) is 17.0. The van der Waals surface area contributed by atoms with Crippen LogP contribution in [-0.2, 0) is 0 Å². The van der Waals surface area contributed by atoms with E-state index in [2.05, 4.69) is 0 Å². The van der Waals surface area contributed by atoms with E-state index >= 15 is 0 Å². The normalized spacial score (nSPS) is 11.8. The third kappa shape index (κ3) is 3.88. The van der Waals surface area contributed by atoms with E-state index in [9.17, 15) is 13.7 Å². The van der Waals surface area contributed by atoms with Gasteiger partial charge in [-0.05, 0) is 0 Å². The van der Waals surface area contributed by atoms with Crippen LogP contribution in [0.2, 0.25) is 0 Å². The van der Waals surface area contributed by atoms with Crippen molar-refractivity contribution in [3.63, 3.8) is 0 Å². The predicted molar refractivity (Wildman–Crippen MR) is 90.7 cm³/mol. The van der Waals surface area contributed by atoms with Crippen LogP contribution in [0.3, 0.4) is 0 Å². The fourth-order valence-corrected chi connectivity index (χ4v) is 3.91. The van der Waals surface area contributed by atoms with E-state index < -0.39 is 19.6 Å². The molecule has 0 aliphatic carbocycles. The SMILES string of the molecule is O[PH](Oc1ccc(F)cc1)(Oc1ccc(F)cc1)c1ccccc1. The summed E-state index contributed by atoms with van der Waals surface area (Å²) in [7, 11) is -3.89. The number of halogens is 2. The van der Waals surface area contributed by atoms with Crippen molar-refractivity contribution in [3.8, 4) is 11.5 Å². The standard InChI is InChI=1S/C18H15F2O3P/c19-14-6-10-16(11-7-14)22-24(21,18-4-2-1-3-5-18)23-17-12-8-15(20)9-13-17/h1-13,21,24H. The van der Waals surface area contributed by atoms with E-state index in [4.69, 9.17) is 9.05 Å². The van der Waals surface area contributed by atoms with Gasteiger partial charge in [-0.3, -0.25) is 0 Å². The van der Waals surface area contributed by atoms with Crippen molar-refractivity contribution < 1.29 is 22.7 Å². The van der Waals surface area contributed by atoms with Gasteiger partial charge in [-0.15, -0.1) is 0 Å². The summed E-state index contributed by atoms with van der Waals surface area (Å²) in [6.45, 7) is 0. The number of benzene rings is 3. The second kappa shape index (κ2) is 6.95. The van der Waals surface area contributed by atoms with E-state index in [-0.39, 0.29) is 11.5 Å². The number of hydrogen-bond acceptors (Lipinski definition) is 3. The van der Waals surface area contributed by atoms with E-state index in [0.717, 1.165) is 0 Å². The van der Waals surface area contributed by atoms with Gasteiger partial charge in [0.05, 0.1) is 0 Å². The average molecular weight is 348 g/mol. The van der Waals surface area contributed by atoms with Crippen molar-refractivity contribution in [1.29, 1.82) is 0 Å². The average Bonchev–Trinajstić information content (AvgIpc) is 2.60. The topological polar surface area (TPSA) is 38.7 Å². The molecule has 0 fully saturated rings. The summed E-state index contributed by atoms with van der Waals surface area (Å²) in [6.07, 6.45) is 0. The van der Waals surface area contributed by atoms with Crippen molar-refractivity contribution in [1.82, 2.24) is 0 Å². The van der Waals surface area contributed by atoms with Crippen LogP contribution in [0.1, 0.15) is 0 Å². The molecule has 0 unspecified atom stereocenters. The van der Waals surface area contributed by atoms with Crippen LogP contribution in [0.4, 0.5) is 8.78 Å². The molecule has 3 aromatic rings. The Kier molecular flexibility index (Phi) is 4.74. The molecular formula is C18H15F2O3P. The first-order valence-corrected chi connectivity index (χ1v) is 8.99. The molecule has 0 spiro atoms. The summed E-state index contributed by atoms with van der Waals surface area (Å²) in [5.41, 5.74) is 0. The molecule has 24 heavy (non-hydrogen) atoms. The third-order valence-corrected chi connectivity index (χ3v) is 5.37.